The van der Waals surface area contributed by atoms with Crippen LogP contribution in [0.2, 0.25) is 0 Å². The van der Waals surface area contributed by atoms with Crippen LogP contribution in [-0.4, -0.2) is 17.4 Å². The summed E-state index contributed by atoms with van der Waals surface area (Å²) in [6.45, 7) is 0.506. The minimum atomic E-state index is -0.341. The predicted molar refractivity (Wildman–Crippen MR) is 69.2 cm³/mol. The van der Waals surface area contributed by atoms with Crippen molar-refractivity contribution in [3.8, 4) is 0 Å². The number of amides is 1. The van der Waals surface area contributed by atoms with Crippen molar-refractivity contribution in [1.82, 2.24) is 4.98 Å². The Morgan fingerprint density at radius 2 is 2.11 bits per heavy atom. The summed E-state index contributed by atoms with van der Waals surface area (Å²) in [4.78, 5) is 16.0. The molecule has 6 heteroatoms. The topological polar surface area (TPSA) is 68.0 Å². The third kappa shape index (κ3) is 3.12. The van der Waals surface area contributed by atoms with Gasteiger partial charge >= 0.3 is 0 Å². The Labute approximate surface area is 108 Å². The lowest BCUT2D eigenvalue weighted by molar-refractivity contribution is 0.102. The molecule has 0 spiro atoms. The fourth-order valence-corrected chi connectivity index (χ4v) is 2.18. The number of aromatic nitrogens is 1. The lowest BCUT2D eigenvalue weighted by Crippen LogP contribution is -2.12. The summed E-state index contributed by atoms with van der Waals surface area (Å²) in [6.07, 6.45) is 0.661. The molecule has 1 amide bonds. The second-order valence-electron chi connectivity index (χ2n) is 3.63. The number of anilines is 1. The highest BCUT2D eigenvalue weighted by Gasteiger charge is 2.10. The maximum atomic E-state index is 12.7. The SMILES string of the molecule is NCCc1nc(C(=O)Nc2ccc(F)cc2)cs1. The monoisotopic (exact) mass is 265 g/mol. The third-order valence-corrected chi connectivity index (χ3v) is 3.15. The Morgan fingerprint density at radius 1 is 1.39 bits per heavy atom. The number of nitrogens with one attached hydrogen (secondary N) is 1. The zero-order valence-corrected chi connectivity index (χ0v) is 10.3. The highest BCUT2D eigenvalue weighted by molar-refractivity contribution is 7.09. The van der Waals surface area contributed by atoms with E-state index in [2.05, 4.69) is 10.3 Å². The first-order valence-corrected chi connectivity index (χ1v) is 6.28. The Kier molecular flexibility index (Phi) is 4.01. The summed E-state index contributed by atoms with van der Waals surface area (Å²) in [5, 5.41) is 5.17. The van der Waals surface area contributed by atoms with Gasteiger partial charge in [0.1, 0.15) is 11.5 Å². The van der Waals surface area contributed by atoms with E-state index in [9.17, 15) is 9.18 Å². The minimum Gasteiger partial charge on any atom is -0.330 e. The summed E-state index contributed by atoms with van der Waals surface area (Å²) < 4.78 is 12.7. The van der Waals surface area contributed by atoms with E-state index < -0.39 is 0 Å². The molecule has 0 radical (unpaired) electrons. The second-order valence-corrected chi connectivity index (χ2v) is 4.57. The van der Waals surface area contributed by atoms with Gasteiger partial charge in [0.2, 0.25) is 0 Å². The van der Waals surface area contributed by atoms with Crippen molar-refractivity contribution in [1.29, 1.82) is 0 Å². The standard InChI is InChI=1S/C12H12FN3OS/c13-8-1-3-9(4-2-8)15-12(17)10-7-18-11(16-10)5-6-14/h1-4,7H,5-6,14H2,(H,15,17). The number of nitrogens with two attached hydrogens (primary N) is 1. The lowest BCUT2D eigenvalue weighted by Gasteiger charge is -2.02. The number of halogens is 1. The van der Waals surface area contributed by atoms with E-state index in [1.807, 2.05) is 0 Å². The van der Waals surface area contributed by atoms with Crippen LogP contribution in [0.15, 0.2) is 29.6 Å². The summed E-state index contributed by atoms with van der Waals surface area (Å²) >= 11 is 1.40. The molecule has 94 valence electrons. The van der Waals surface area contributed by atoms with Gasteiger partial charge in [-0.15, -0.1) is 11.3 Å². The van der Waals surface area contributed by atoms with Gasteiger partial charge in [0, 0.05) is 17.5 Å². The van der Waals surface area contributed by atoms with Crippen molar-refractivity contribution in [3.05, 3.63) is 46.2 Å². The average molecular weight is 265 g/mol. The molecule has 3 N–H and O–H groups in total. The molecule has 0 bridgehead atoms. The van der Waals surface area contributed by atoms with E-state index in [-0.39, 0.29) is 11.7 Å². The van der Waals surface area contributed by atoms with E-state index in [1.54, 1.807) is 5.38 Å². The number of carbonyl (C=O) groups excluding carboxylic acids is 1. The molecule has 1 heterocycles. The Bertz CT molecular complexity index is 539. The Balaban J connectivity index is 2.04. The smallest absolute Gasteiger partial charge is 0.275 e. The van der Waals surface area contributed by atoms with Crippen LogP contribution in [0.1, 0.15) is 15.5 Å². The van der Waals surface area contributed by atoms with E-state index >= 15 is 0 Å². The normalized spacial score (nSPS) is 10.3. The molecule has 1 aromatic carbocycles. The number of hydrogen-bond acceptors (Lipinski definition) is 4. The molecule has 0 fully saturated rings. The zero-order valence-electron chi connectivity index (χ0n) is 9.52. The van der Waals surface area contributed by atoms with Crippen molar-refractivity contribution in [2.45, 2.75) is 6.42 Å². The molecule has 0 aliphatic carbocycles. The first kappa shape index (κ1) is 12.7. The average Bonchev–Trinajstić information content (AvgIpc) is 2.81. The molecule has 0 aliphatic rings. The molecule has 0 saturated heterocycles. The first-order valence-electron chi connectivity index (χ1n) is 5.40. The maximum absolute atomic E-state index is 12.7. The molecule has 0 unspecified atom stereocenters. The molecule has 0 atom stereocenters. The van der Waals surface area contributed by atoms with Crippen LogP contribution in [-0.2, 0) is 6.42 Å². The molecule has 0 aliphatic heterocycles. The molecule has 1 aromatic heterocycles. The minimum absolute atomic E-state index is 0.305. The van der Waals surface area contributed by atoms with Crippen LogP contribution >= 0.6 is 11.3 Å². The van der Waals surface area contributed by atoms with Crippen LogP contribution in [0, 0.1) is 5.82 Å². The molecular formula is C12H12FN3OS. The molecule has 0 saturated carbocycles. The number of rotatable bonds is 4. The Morgan fingerprint density at radius 3 is 2.78 bits per heavy atom. The summed E-state index contributed by atoms with van der Waals surface area (Å²) in [5.41, 5.74) is 6.31. The number of benzene rings is 1. The van der Waals surface area contributed by atoms with E-state index in [0.29, 0.717) is 24.3 Å². The van der Waals surface area contributed by atoms with Gasteiger partial charge in [-0.1, -0.05) is 0 Å². The summed E-state index contributed by atoms with van der Waals surface area (Å²) in [5.74, 6) is -0.645. The van der Waals surface area contributed by atoms with Crippen LogP contribution < -0.4 is 11.1 Å². The molecule has 2 rings (SSSR count). The van der Waals surface area contributed by atoms with Crippen molar-refractivity contribution in [2.24, 2.45) is 5.73 Å². The van der Waals surface area contributed by atoms with Crippen LogP contribution in [0.3, 0.4) is 0 Å². The van der Waals surface area contributed by atoms with Gasteiger partial charge in [-0.3, -0.25) is 4.79 Å². The highest BCUT2D eigenvalue weighted by atomic mass is 32.1. The molecular weight excluding hydrogens is 253 g/mol. The summed E-state index contributed by atoms with van der Waals surface area (Å²) in [7, 11) is 0. The predicted octanol–water partition coefficient (Wildman–Crippen LogP) is 2.04. The van der Waals surface area contributed by atoms with Crippen LogP contribution in [0.25, 0.3) is 0 Å². The van der Waals surface area contributed by atoms with E-state index in [1.165, 1.54) is 35.6 Å². The van der Waals surface area contributed by atoms with Crippen molar-refractivity contribution < 1.29 is 9.18 Å². The molecule has 18 heavy (non-hydrogen) atoms. The maximum Gasteiger partial charge on any atom is 0.275 e. The van der Waals surface area contributed by atoms with Gasteiger partial charge in [0.25, 0.3) is 5.91 Å². The Hall–Kier alpha value is -1.79. The number of carbonyl (C=O) groups is 1. The number of nitrogens with zero attached hydrogens (tertiary/aromatic N) is 1. The van der Waals surface area contributed by atoms with Gasteiger partial charge in [-0.05, 0) is 30.8 Å². The fraction of sp³-hybridized carbons (Fsp3) is 0.167. The first-order chi connectivity index (χ1) is 8.69. The quantitative estimate of drug-likeness (QED) is 0.888. The lowest BCUT2D eigenvalue weighted by atomic mass is 10.3. The number of hydrogen-bond donors (Lipinski definition) is 2. The van der Waals surface area contributed by atoms with Gasteiger partial charge < -0.3 is 11.1 Å². The highest BCUT2D eigenvalue weighted by Crippen LogP contribution is 2.13. The second kappa shape index (κ2) is 5.70. The largest absolute Gasteiger partial charge is 0.330 e. The van der Waals surface area contributed by atoms with E-state index in [0.717, 1.165) is 5.01 Å². The number of thiazole rings is 1. The van der Waals surface area contributed by atoms with Gasteiger partial charge in [-0.25, -0.2) is 9.37 Å². The van der Waals surface area contributed by atoms with Gasteiger partial charge in [0.15, 0.2) is 0 Å². The third-order valence-electron chi connectivity index (χ3n) is 2.24. The van der Waals surface area contributed by atoms with Crippen LogP contribution in [0.5, 0.6) is 0 Å². The van der Waals surface area contributed by atoms with Gasteiger partial charge in [-0.2, -0.15) is 0 Å². The van der Waals surface area contributed by atoms with Gasteiger partial charge in [0.05, 0.1) is 5.01 Å². The van der Waals surface area contributed by atoms with Crippen molar-refractivity contribution >= 4 is 22.9 Å². The van der Waals surface area contributed by atoms with Crippen molar-refractivity contribution in [3.63, 3.8) is 0 Å². The van der Waals surface area contributed by atoms with E-state index in [4.69, 9.17) is 5.73 Å². The molecule has 2 aromatic rings. The fourth-order valence-electron chi connectivity index (χ4n) is 1.38. The zero-order chi connectivity index (χ0) is 13.0. The van der Waals surface area contributed by atoms with Crippen LogP contribution in [0.4, 0.5) is 10.1 Å². The molecule has 4 nitrogen and oxygen atoms in total. The van der Waals surface area contributed by atoms with Crippen molar-refractivity contribution in [2.75, 3.05) is 11.9 Å². The summed E-state index contributed by atoms with van der Waals surface area (Å²) in [6, 6.07) is 5.58.